The molecule has 148 valence electrons. The molecule has 3 rings (SSSR count). The van der Waals surface area contributed by atoms with Crippen molar-refractivity contribution in [2.24, 2.45) is 11.1 Å². The molecule has 2 N–H and O–H groups in total. The average Bonchev–Trinajstić information content (AvgIpc) is 2.67. The van der Waals surface area contributed by atoms with Crippen molar-refractivity contribution in [2.75, 3.05) is 19.7 Å². The SMILES string of the molecule is CC(C)(C)C(=O)N1CCO[C@](Cc2cccc(-c3ccccc3)c2)(C(N)=O)C1. The molecule has 0 aliphatic carbocycles. The molecule has 2 aromatic carbocycles. The summed E-state index contributed by atoms with van der Waals surface area (Å²) < 4.78 is 5.90. The number of carbonyl (C=O) groups is 2. The molecular weight excluding hydrogens is 352 g/mol. The third-order valence-corrected chi connectivity index (χ3v) is 5.09. The van der Waals surface area contributed by atoms with E-state index in [9.17, 15) is 9.59 Å². The number of morpholine rings is 1. The molecular formula is C23H28N2O3. The third-order valence-electron chi connectivity index (χ3n) is 5.09. The molecule has 0 bridgehead atoms. The maximum absolute atomic E-state index is 12.7. The van der Waals surface area contributed by atoms with Crippen LogP contribution in [0.1, 0.15) is 26.3 Å². The average molecular weight is 380 g/mol. The molecule has 1 fully saturated rings. The summed E-state index contributed by atoms with van der Waals surface area (Å²) in [5, 5.41) is 0. The fourth-order valence-corrected chi connectivity index (χ4v) is 3.60. The molecule has 0 saturated carbocycles. The summed E-state index contributed by atoms with van der Waals surface area (Å²) in [4.78, 5) is 26.9. The summed E-state index contributed by atoms with van der Waals surface area (Å²) in [6, 6.07) is 18.1. The zero-order chi connectivity index (χ0) is 20.4. The molecule has 0 unspecified atom stereocenters. The van der Waals surface area contributed by atoms with Gasteiger partial charge in [0.1, 0.15) is 0 Å². The monoisotopic (exact) mass is 380 g/mol. The van der Waals surface area contributed by atoms with E-state index in [4.69, 9.17) is 10.5 Å². The lowest BCUT2D eigenvalue weighted by atomic mass is 9.88. The molecule has 1 aliphatic rings. The van der Waals surface area contributed by atoms with Crippen molar-refractivity contribution < 1.29 is 14.3 Å². The second-order valence-electron chi connectivity index (χ2n) is 8.43. The van der Waals surface area contributed by atoms with E-state index < -0.39 is 16.9 Å². The van der Waals surface area contributed by atoms with Crippen molar-refractivity contribution in [3.63, 3.8) is 0 Å². The summed E-state index contributed by atoms with van der Waals surface area (Å²) in [5.41, 5.74) is 7.15. The van der Waals surface area contributed by atoms with Gasteiger partial charge in [0.2, 0.25) is 5.91 Å². The minimum absolute atomic E-state index is 0.000499. The van der Waals surface area contributed by atoms with Gasteiger partial charge in [-0.2, -0.15) is 0 Å². The van der Waals surface area contributed by atoms with Gasteiger partial charge in [-0.3, -0.25) is 9.59 Å². The van der Waals surface area contributed by atoms with Crippen LogP contribution >= 0.6 is 0 Å². The van der Waals surface area contributed by atoms with E-state index in [-0.39, 0.29) is 12.5 Å². The van der Waals surface area contributed by atoms with E-state index in [1.165, 1.54) is 0 Å². The number of hydrogen-bond acceptors (Lipinski definition) is 3. The Kier molecular flexibility index (Phi) is 5.57. The third kappa shape index (κ3) is 4.25. The highest BCUT2D eigenvalue weighted by atomic mass is 16.5. The van der Waals surface area contributed by atoms with Gasteiger partial charge in [0, 0.05) is 18.4 Å². The first-order chi connectivity index (χ1) is 13.2. The van der Waals surface area contributed by atoms with Crippen molar-refractivity contribution in [1.82, 2.24) is 4.90 Å². The zero-order valence-corrected chi connectivity index (χ0v) is 16.8. The van der Waals surface area contributed by atoms with Crippen LogP contribution in [0.25, 0.3) is 11.1 Å². The van der Waals surface area contributed by atoms with Gasteiger partial charge in [-0.05, 0) is 16.7 Å². The van der Waals surface area contributed by atoms with Crippen LogP contribution in [0.5, 0.6) is 0 Å². The number of ether oxygens (including phenoxy) is 1. The van der Waals surface area contributed by atoms with Crippen molar-refractivity contribution in [3.05, 3.63) is 60.2 Å². The molecule has 5 nitrogen and oxygen atoms in total. The Morgan fingerprint density at radius 3 is 2.39 bits per heavy atom. The number of carbonyl (C=O) groups excluding carboxylic acids is 2. The molecule has 0 radical (unpaired) electrons. The van der Waals surface area contributed by atoms with Crippen molar-refractivity contribution >= 4 is 11.8 Å². The number of amides is 2. The number of rotatable bonds is 4. The zero-order valence-electron chi connectivity index (χ0n) is 16.8. The Balaban J connectivity index is 1.87. The van der Waals surface area contributed by atoms with Gasteiger partial charge >= 0.3 is 0 Å². The molecule has 28 heavy (non-hydrogen) atoms. The molecule has 1 saturated heterocycles. The van der Waals surface area contributed by atoms with Crippen LogP contribution in [-0.2, 0) is 20.7 Å². The van der Waals surface area contributed by atoms with Crippen LogP contribution in [0.15, 0.2) is 54.6 Å². The van der Waals surface area contributed by atoms with E-state index in [1.54, 1.807) is 4.90 Å². The Morgan fingerprint density at radius 2 is 1.75 bits per heavy atom. The second kappa shape index (κ2) is 7.76. The van der Waals surface area contributed by atoms with E-state index in [1.807, 2.05) is 75.4 Å². The number of primary amides is 1. The highest BCUT2D eigenvalue weighted by Crippen LogP contribution is 2.28. The van der Waals surface area contributed by atoms with E-state index in [0.717, 1.165) is 16.7 Å². The van der Waals surface area contributed by atoms with Gasteiger partial charge < -0.3 is 15.4 Å². The van der Waals surface area contributed by atoms with Crippen LogP contribution in [0, 0.1) is 5.41 Å². The Morgan fingerprint density at radius 1 is 1.07 bits per heavy atom. The van der Waals surface area contributed by atoms with Crippen molar-refractivity contribution in [2.45, 2.75) is 32.8 Å². The normalized spacial score (nSPS) is 20.0. The maximum atomic E-state index is 12.7. The van der Waals surface area contributed by atoms with Crippen LogP contribution in [-0.4, -0.2) is 42.0 Å². The summed E-state index contributed by atoms with van der Waals surface area (Å²) in [5.74, 6) is -0.538. The van der Waals surface area contributed by atoms with Crippen LogP contribution in [0.4, 0.5) is 0 Å². The predicted molar refractivity (Wildman–Crippen MR) is 109 cm³/mol. The number of nitrogens with zero attached hydrogens (tertiary/aromatic N) is 1. The summed E-state index contributed by atoms with van der Waals surface area (Å²) in [6.45, 7) is 6.56. The highest BCUT2D eigenvalue weighted by molar-refractivity contribution is 5.87. The second-order valence-corrected chi connectivity index (χ2v) is 8.43. The van der Waals surface area contributed by atoms with Gasteiger partial charge in [-0.1, -0.05) is 75.4 Å². The molecule has 2 aromatic rings. The summed E-state index contributed by atoms with van der Waals surface area (Å²) in [6.07, 6.45) is 0.330. The lowest BCUT2D eigenvalue weighted by molar-refractivity contribution is -0.167. The first-order valence-corrected chi connectivity index (χ1v) is 9.59. The minimum atomic E-state index is -1.21. The lowest BCUT2D eigenvalue weighted by Gasteiger charge is -2.42. The highest BCUT2D eigenvalue weighted by Gasteiger charge is 2.45. The van der Waals surface area contributed by atoms with Gasteiger partial charge in [0.25, 0.3) is 5.91 Å². The Labute approximate surface area is 166 Å². The number of nitrogens with two attached hydrogens (primary N) is 1. The first kappa shape index (κ1) is 20.1. The largest absolute Gasteiger partial charge is 0.367 e. The minimum Gasteiger partial charge on any atom is -0.367 e. The summed E-state index contributed by atoms with van der Waals surface area (Å²) in [7, 11) is 0. The van der Waals surface area contributed by atoms with Crippen LogP contribution < -0.4 is 5.73 Å². The molecule has 0 spiro atoms. The van der Waals surface area contributed by atoms with Crippen LogP contribution in [0.3, 0.4) is 0 Å². The van der Waals surface area contributed by atoms with Gasteiger partial charge in [-0.25, -0.2) is 0 Å². The standard InChI is InChI=1S/C23H28N2O3/c1-22(2,3)21(27)25-12-13-28-23(16-25,20(24)26)15-17-8-7-11-19(14-17)18-9-5-4-6-10-18/h4-11,14H,12-13,15-16H2,1-3H3,(H2,24,26)/t23-/m0/s1. The van der Waals surface area contributed by atoms with Gasteiger partial charge in [-0.15, -0.1) is 0 Å². The molecule has 5 heteroatoms. The van der Waals surface area contributed by atoms with Crippen molar-refractivity contribution in [3.8, 4) is 11.1 Å². The fourth-order valence-electron chi connectivity index (χ4n) is 3.60. The van der Waals surface area contributed by atoms with Crippen LogP contribution in [0.2, 0.25) is 0 Å². The predicted octanol–water partition coefficient (Wildman–Crippen LogP) is 3.03. The quantitative estimate of drug-likeness (QED) is 0.886. The molecule has 1 heterocycles. The Bertz CT molecular complexity index is 858. The fraction of sp³-hybridized carbons (Fsp3) is 0.391. The van der Waals surface area contributed by atoms with E-state index in [0.29, 0.717) is 19.6 Å². The number of benzene rings is 2. The van der Waals surface area contributed by atoms with E-state index >= 15 is 0 Å². The van der Waals surface area contributed by atoms with E-state index in [2.05, 4.69) is 0 Å². The molecule has 1 aliphatic heterocycles. The Hall–Kier alpha value is -2.66. The molecule has 1 atom stereocenters. The first-order valence-electron chi connectivity index (χ1n) is 9.59. The number of hydrogen-bond donors (Lipinski definition) is 1. The lowest BCUT2D eigenvalue weighted by Crippen LogP contribution is -2.62. The maximum Gasteiger partial charge on any atom is 0.251 e. The smallest absolute Gasteiger partial charge is 0.251 e. The van der Waals surface area contributed by atoms with Crippen molar-refractivity contribution in [1.29, 1.82) is 0 Å². The van der Waals surface area contributed by atoms with Gasteiger partial charge in [0.05, 0.1) is 13.2 Å². The van der Waals surface area contributed by atoms with Gasteiger partial charge in [0.15, 0.2) is 5.60 Å². The topological polar surface area (TPSA) is 72.6 Å². The molecule has 0 aromatic heterocycles. The molecule has 2 amide bonds. The summed E-state index contributed by atoms with van der Waals surface area (Å²) >= 11 is 0.